The Morgan fingerprint density at radius 3 is 2.33 bits per heavy atom. The highest BCUT2D eigenvalue weighted by molar-refractivity contribution is 5.77. The van der Waals surface area contributed by atoms with E-state index in [1.54, 1.807) is 0 Å². The molecule has 2 aromatic carbocycles. The van der Waals surface area contributed by atoms with Crippen molar-refractivity contribution >= 4 is 6.08 Å². The highest BCUT2D eigenvalue weighted by Gasteiger charge is 2.04. The lowest BCUT2D eigenvalue weighted by molar-refractivity contribution is 1.44. The molecule has 0 unspecified atom stereocenters. The first-order chi connectivity index (χ1) is 7.33. The lowest BCUT2D eigenvalue weighted by Crippen LogP contribution is -1.86. The van der Waals surface area contributed by atoms with E-state index >= 15 is 0 Å². The Bertz CT molecular complexity index is 467. The van der Waals surface area contributed by atoms with Crippen molar-refractivity contribution in [1.29, 1.82) is 0 Å². The van der Waals surface area contributed by atoms with Crippen LogP contribution in [0.4, 0.5) is 0 Å². The van der Waals surface area contributed by atoms with E-state index in [4.69, 9.17) is 0 Å². The summed E-state index contributed by atoms with van der Waals surface area (Å²) in [6, 6.07) is 16.7. The van der Waals surface area contributed by atoms with E-state index in [0.717, 1.165) is 0 Å². The smallest absolute Gasteiger partial charge is 0.00824 e. The second kappa shape index (κ2) is 4.14. The predicted molar refractivity (Wildman–Crippen MR) is 66.7 cm³/mol. The molecule has 2 rings (SSSR count). The molecule has 0 aromatic heterocycles. The minimum Gasteiger partial charge on any atom is -0.0984 e. The third kappa shape index (κ3) is 1.84. The lowest BCUT2D eigenvalue weighted by Gasteiger charge is -2.09. The summed E-state index contributed by atoms with van der Waals surface area (Å²) >= 11 is 0. The molecule has 15 heavy (non-hydrogen) atoms. The van der Waals surface area contributed by atoms with Crippen molar-refractivity contribution < 1.29 is 0 Å². The summed E-state index contributed by atoms with van der Waals surface area (Å²) in [5, 5.41) is 0. The molecule has 0 amide bonds. The van der Waals surface area contributed by atoms with E-state index in [1.807, 2.05) is 12.1 Å². The molecule has 0 heteroatoms. The van der Waals surface area contributed by atoms with Crippen LogP contribution < -0.4 is 0 Å². The van der Waals surface area contributed by atoms with Crippen LogP contribution in [0.1, 0.15) is 11.1 Å². The molecule has 2 aromatic rings. The fourth-order valence-electron chi connectivity index (χ4n) is 1.86. The van der Waals surface area contributed by atoms with Crippen molar-refractivity contribution in [2.75, 3.05) is 0 Å². The molecule has 0 saturated heterocycles. The van der Waals surface area contributed by atoms with Crippen LogP contribution in [0.5, 0.6) is 0 Å². The van der Waals surface area contributed by atoms with Crippen LogP contribution in [0, 0.1) is 6.92 Å². The van der Waals surface area contributed by atoms with Gasteiger partial charge in [0.05, 0.1) is 0 Å². The van der Waals surface area contributed by atoms with E-state index in [0.29, 0.717) is 0 Å². The van der Waals surface area contributed by atoms with Gasteiger partial charge in [-0.3, -0.25) is 0 Å². The van der Waals surface area contributed by atoms with Crippen LogP contribution >= 0.6 is 0 Å². The summed E-state index contributed by atoms with van der Waals surface area (Å²) in [5.41, 5.74) is 5.03. The minimum absolute atomic E-state index is 1.20. The van der Waals surface area contributed by atoms with Gasteiger partial charge in [-0.05, 0) is 29.2 Å². The number of hydrogen-bond donors (Lipinski definition) is 0. The molecule has 0 nitrogen and oxygen atoms in total. The third-order valence-electron chi connectivity index (χ3n) is 2.59. The molecular formula is C15H14. The van der Waals surface area contributed by atoms with Crippen LogP contribution in [-0.4, -0.2) is 0 Å². The van der Waals surface area contributed by atoms with Gasteiger partial charge in [0.15, 0.2) is 0 Å². The molecule has 0 N–H and O–H groups in total. The third-order valence-corrected chi connectivity index (χ3v) is 2.59. The maximum Gasteiger partial charge on any atom is -0.00824 e. The van der Waals surface area contributed by atoms with Gasteiger partial charge in [0, 0.05) is 0 Å². The Labute approximate surface area is 90.9 Å². The Morgan fingerprint density at radius 2 is 1.67 bits per heavy atom. The minimum atomic E-state index is 1.20. The summed E-state index contributed by atoms with van der Waals surface area (Å²) in [6.07, 6.45) is 1.91. The molecule has 0 bridgehead atoms. The SMILES string of the molecule is C=Cc1cccc(C)c1-c1ccccc1. The zero-order valence-corrected chi connectivity index (χ0v) is 8.90. The Balaban J connectivity index is 2.66. The first-order valence-electron chi connectivity index (χ1n) is 5.10. The molecule has 0 saturated carbocycles. The fraction of sp³-hybridized carbons (Fsp3) is 0.0667. The first kappa shape index (κ1) is 9.72. The molecule has 0 aliphatic carbocycles. The van der Waals surface area contributed by atoms with Gasteiger partial charge >= 0.3 is 0 Å². The van der Waals surface area contributed by atoms with Crippen molar-refractivity contribution in [3.63, 3.8) is 0 Å². The van der Waals surface area contributed by atoms with Crippen LogP contribution in [0.15, 0.2) is 55.1 Å². The summed E-state index contributed by atoms with van der Waals surface area (Å²) < 4.78 is 0. The quantitative estimate of drug-likeness (QED) is 0.668. The summed E-state index contributed by atoms with van der Waals surface area (Å²) in [4.78, 5) is 0. The van der Waals surface area contributed by atoms with E-state index < -0.39 is 0 Å². The molecule has 0 aliphatic rings. The van der Waals surface area contributed by atoms with Crippen LogP contribution in [0.3, 0.4) is 0 Å². The average molecular weight is 194 g/mol. The van der Waals surface area contributed by atoms with Crippen molar-refractivity contribution in [3.05, 3.63) is 66.2 Å². The molecule has 0 aliphatic heterocycles. The van der Waals surface area contributed by atoms with Gasteiger partial charge in [0.25, 0.3) is 0 Å². The number of aryl methyl sites for hydroxylation is 1. The standard InChI is InChI=1S/C15H14/c1-3-13-11-7-8-12(2)15(13)14-9-5-4-6-10-14/h3-11H,1H2,2H3. The normalized spacial score (nSPS) is 9.93. The van der Waals surface area contributed by atoms with Crippen molar-refractivity contribution in [2.45, 2.75) is 6.92 Å². The van der Waals surface area contributed by atoms with Gasteiger partial charge in [-0.2, -0.15) is 0 Å². The van der Waals surface area contributed by atoms with Gasteiger partial charge in [-0.15, -0.1) is 0 Å². The Morgan fingerprint density at radius 1 is 0.933 bits per heavy atom. The first-order valence-corrected chi connectivity index (χ1v) is 5.10. The van der Waals surface area contributed by atoms with E-state index in [-0.39, 0.29) is 0 Å². The second-order valence-corrected chi connectivity index (χ2v) is 3.61. The zero-order valence-electron chi connectivity index (χ0n) is 8.90. The summed E-state index contributed by atoms with van der Waals surface area (Å²) in [5.74, 6) is 0. The van der Waals surface area contributed by atoms with E-state index in [1.165, 1.54) is 22.3 Å². The van der Waals surface area contributed by atoms with Crippen LogP contribution in [0.25, 0.3) is 17.2 Å². The summed E-state index contributed by atoms with van der Waals surface area (Å²) in [6.45, 7) is 5.99. The summed E-state index contributed by atoms with van der Waals surface area (Å²) in [7, 11) is 0. The maximum absolute atomic E-state index is 3.86. The molecule has 0 atom stereocenters. The van der Waals surface area contributed by atoms with Gasteiger partial charge in [-0.25, -0.2) is 0 Å². The van der Waals surface area contributed by atoms with E-state index in [2.05, 4.69) is 56.0 Å². The second-order valence-electron chi connectivity index (χ2n) is 3.61. The van der Waals surface area contributed by atoms with Crippen LogP contribution in [-0.2, 0) is 0 Å². The van der Waals surface area contributed by atoms with Gasteiger partial charge in [0.2, 0.25) is 0 Å². The lowest BCUT2D eigenvalue weighted by atomic mass is 9.95. The molecule has 74 valence electrons. The zero-order chi connectivity index (χ0) is 10.7. The molecule has 0 spiro atoms. The Hall–Kier alpha value is -1.82. The molecule has 0 radical (unpaired) electrons. The maximum atomic E-state index is 3.86. The predicted octanol–water partition coefficient (Wildman–Crippen LogP) is 4.31. The molecule has 0 heterocycles. The number of benzene rings is 2. The van der Waals surface area contributed by atoms with Crippen molar-refractivity contribution in [3.8, 4) is 11.1 Å². The monoisotopic (exact) mass is 194 g/mol. The van der Waals surface area contributed by atoms with E-state index in [9.17, 15) is 0 Å². The number of rotatable bonds is 2. The van der Waals surface area contributed by atoms with Crippen molar-refractivity contribution in [2.24, 2.45) is 0 Å². The molecule has 0 fully saturated rings. The topological polar surface area (TPSA) is 0 Å². The highest BCUT2D eigenvalue weighted by Crippen LogP contribution is 2.27. The average Bonchev–Trinajstić information content (AvgIpc) is 2.29. The van der Waals surface area contributed by atoms with Gasteiger partial charge in [0.1, 0.15) is 0 Å². The fourth-order valence-corrected chi connectivity index (χ4v) is 1.86. The van der Waals surface area contributed by atoms with Gasteiger partial charge in [-0.1, -0.05) is 61.2 Å². The highest BCUT2D eigenvalue weighted by atomic mass is 14.1. The van der Waals surface area contributed by atoms with Crippen LogP contribution in [0.2, 0.25) is 0 Å². The molecular weight excluding hydrogens is 180 g/mol. The van der Waals surface area contributed by atoms with Gasteiger partial charge < -0.3 is 0 Å². The largest absolute Gasteiger partial charge is 0.0984 e. The number of hydrogen-bond acceptors (Lipinski definition) is 0. The Kier molecular flexibility index (Phi) is 2.68. The van der Waals surface area contributed by atoms with Crippen molar-refractivity contribution in [1.82, 2.24) is 0 Å².